The summed E-state index contributed by atoms with van der Waals surface area (Å²) in [6, 6.07) is 13.4. The van der Waals surface area contributed by atoms with E-state index in [0.717, 1.165) is 11.3 Å². The molecule has 2 aromatic carbocycles. The van der Waals surface area contributed by atoms with Gasteiger partial charge >= 0.3 is 6.61 Å². The third kappa shape index (κ3) is 4.28. The Bertz CT molecular complexity index is 990. The summed E-state index contributed by atoms with van der Waals surface area (Å²) in [6.45, 7) is 0.799. The number of alkyl halides is 2. The molecule has 0 radical (unpaired) electrons. The molecule has 0 aliphatic carbocycles. The topological polar surface area (TPSA) is 44.8 Å². The second-order valence-electron chi connectivity index (χ2n) is 7.17. The summed E-state index contributed by atoms with van der Waals surface area (Å²) in [5.74, 6) is -0.259. The fourth-order valence-electron chi connectivity index (χ4n) is 3.42. The number of nitrogens with zero attached hydrogens (tertiary/aromatic N) is 2. The van der Waals surface area contributed by atoms with Crippen LogP contribution in [0.25, 0.3) is 0 Å². The van der Waals surface area contributed by atoms with Gasteiger partial charge in [0, 0.05) is 31.0 Å². The van der Waals surface area contributed by atoms with Crippen LogP contribution in [0.15, 0.2) is 59.8 Å². The minimum atomic E-state index is -2.98. The van der Waals surface area contributed by atoms with Crippen molar-refractivity contribution in [3.05, 3.63) is 70.9 Å². The van der Waals surface area contributed by atoms with Crippen molar-refractivity contribution in [2.45, 2.75) is 26.5 Å². The van der Waals surface area contributed by atoms with Gasteiger partial charge < -0.3 is 15.0 Å². The number of hydrogen-bond donors (Lipinski definition) is 1. The molecule has 30 heavy (non-hydrogen) atoms. The molecule has 5 nitrogen and oxygen atoms in total. The normalized spacial score (nSPS) is 16.6. The average molecular weight is 432 g/mol. The Labute approximate surface area is 179 Å². The Morgan fingerprint density at radius 3 is 2.37 bits per heavy atom. The molecule has 1 N–H and O–H groups in total. The molecule has 0 bridgehead atoms. The molecule has 0 unspecified atom stereocenters. The number of likely N-dealkylation sites (N-methyl/N-ethyl adjacent to an activating group) is 1. The molecular formula is C22H23F2N3O2S. The van der Waals surface area contributed by atoms with Gasteiger partial charge in [0.1, 0.15) is 5.75 Å². The van der Waals surface area contributed by atoms with Gasteiger partial charge in [0.05, 0.1) is 11.6 Å². The summed E-state index contributed by atoms with van der Waals surface area (Å²) in [7, 11) is 3.29. The van der Waals surface area contributed by atoms with E-state index in [-0.39, 0.29) is 11.7 Å². The van der Waals surface area contributed by atoms with Crippen molar-refractivity contribution >= 4 is 28.9 Å². The minimum absolute atomic E-state index is 0.00607. The number of anilines is 1. The van der Waals surface area contributed by atoms with Crippen LogP contribution < -0.4 is 15.0 Å². The molecule has 1 heterocycles. The van der Waals surface area contributed by atoms with E-state index in [0.29, 0.717) is 21.9 Å². The van der Waals surface area contributed by atoms with Gasteiger partial charge in [-0.1, -0.05) is 35.9 Å². The fourth-order valence-corrected chi connectivity index (χ4v) is 3.78. The highest BCUT2D eigenvalue weighted by Crippen LogP contribution is 2.38. The SMILES string of the molecule is CC1=C(C(=O)N(C)C)[C@H](c2ccccc2OC(F)F)NC(=S)N1c1ccc(C)cc1. The summed E-state index contributed by atoms with van der Waals surface area (Å²) in [4.78, 5) is 16.4. The van der Waals surface area contributed by atoms with Gasteiger partial charge in [-0.25, -0.2) is 0 Å². The lowest BCUT2D eigenvalue weighted by Crippen LogP contribution is -2.49. The van der Waals surface area contributed by atoms with Crippen LogP contribution in [-0.4, -0.2) is 36.6 Å². The highest BCUT2D eigenvalue weighted by Gasteiger charge is 2.36. The molecule has 3 rings (SSSR count). The van der Waals surface area contributed by atoms with Crippen molar-refractivity contribution in [1.82, 2.24) is 10.2 Å². The number of amides is 1. The number of benzene rings is 2. The largest absolute Gasteiger partial charge is 0.434 e. The zero-order valence-electron chi connectivity index (χ0n) is 17.1. The standard InChI is InChI=1S/C22H23F2N3O2S/c1-13-9-11-15(12-10-13)27-14(2)18(20(28)26(3)4)19(25-22(27)30)16-7-5-6-8-17(16)29-21(23)24/h5-12,19,21H,1-4H3,(H,25,30)/t19-/m0/s1. The molecule has 1 aliphatic heterocycles. The van der Waals surface area contributed by atoms with E-state index in [1.54, 1.807) is 44.1 Å². The number of thiocarbonyl (C=S) groups is 1. The first-order valence-corrected chi connectivity index (χ1v) is 9.75. The molecule has 0 aromatic heterocycles. The number of carbonyl (C=O) groups is 1. The van der Waals surface area contributed by atoms with Crippen LogP contribution in [0.3, 0.4) is 0 Å². The lowest BCUT2D eigenvalue weighted by atomic mass is 9.93. The molecule has 1 aliphatic rings. The molecule has 0 saturated carbocycles. The molecule has 0 saturated heterocycles. The Kier molecular flexibility index (Phi) is 6.36. The van der Waals surface area contributed by atoms with Gasteiger partial charge in [-0.3, -0.25) is 9.69 Å². The first kappa shape index (κ1) is 21.7. The van der Waals surface area contributed by atoms with Crippen molar-refractivity contribution in [3.8, 4) is 5.75 Å². The van der Waals surface area contributed by atoms with E-state index < -0.39 is 12.7 Å². The average Bonchev–Trinajstić information content (AvgIpc) is 2.68. The number of carbonyl (C=O) groups excluding carboxylic acids is 1. The van der Waals surface area contributed by atoms with E-state index in [1.165, 1.54) is 11.0 Å². The van der Waals surface area contributed by atoms with Crippen molar-refractivity contribution < 1.29 is 18.3 Å². The number of aryl methyl sites for hydroxylation is 1. The van der Waals surface area contributed by atoms with Crippen molar-refractivity contribution in [3.63, 3.8) is 0 Å². The zero-order chi connectivity index (χ0) is 22.0. The first-order valence-electron chi connectivity index (χ1n) is 9.34. The number of nitrogens with one attached hydrogen (secondary N) is 1. The van der Waals surface area contributed by atoms with Crippen LogP contribution >= 0.6 is 12.2 Å². The summed E-state index contributed by atoms with van der Waals surface area (Å²) in [5, 5.41) is 3.52. The lowest BCUT2D eigenvalue weighted by molar-refractivity contribution is -0.125. The Hall–Kier alpha value is -3.00. The maximum absolute atomic E-state index is 13.1. The Morgan fingerprint density at radius 2 is 1.77 bits per heavy atom. The second kappa shape index (κ2) is 8.79. The summed E-state index contributed by atoms with van der Waals surface area (Å²) in [5.41, 5.74) is 3.33. The highest BCUT2D eigenvalue weighted by atomic mass is 32.1. The second-order valence-corrected chi connectivity index (χ2v) is 7.56. The molecular weight excluding hydrogens is 408 g/mol. The van der Waals surface area contributed by atoms with Gasteiger partial charge in [-0.05, 0) is 44.3 Å². The molecule has 1 amide bonds. The van der Waals surface area contributed by atoms with Gasteiger partial charge in [-0.15, -0.1) is 0 Å². The van der Waals surface area contributed by atoms with Crippen LogP contribution in [0.2, 0.25) is 0 Å². The van der Waals surface area contributed by atoms with Crippen molar-refractivity contribution in [1.29, 1.82) is 0 Å². The summed E-state index contributed by atoms with van der Waals surface area (Å²) < 4.78 is 30.6. The van der Waals surface area contributed by atoms with E-state index in [9.17, 15) is 13.6 Å². The van der Waals surface area contributed by atoms with E-state index in [4.69, 9.17) is 17.0 Å². The third-order valence-electron chi connectivity index (χ3n) is 4.86. The fraction of sp³-hybridized carbons (Fsp3) is 0.273. The number of rotatable bonds is 5. The molecule has 0 fully saturated rings. The van der Waals surface area contributed by atoms with E-state index >= 15 is 0 Å². The molecule has 1 atom stereocenters. The molecule has 158 valence electrons. The van der Waals surface area contributed by atoms with Gasteiger partial charge in [-0.2, -0.15) is 8.78 Å². The number of halogens is 2. The number of hydrogen-bond acceptors (Lipinski definition) is 3. The molecule has 8 heteroatoms. The van der Waals surface area contributed by atoms with Crippen LogP contribution in [0, 0.1) is 6.92 Å². The van der Waals surface area contributed by atoms with Crippen molar-refractivity contribution in [2.75, 3.05) is 19.0 Å². The maximum Gasteiger partial charge on any atom is 0.387 e. The van der Waals surface area contributed by atoms with Crippen LogP contribution in [0.5, 0.6) is 5.75 Å². The number of ether oxygens (including phenoxy) is 1. The van der Waals surface area contributed by atoms with E-state index in [1.807, 2.05) is 31.2 Å². The molecule has 2 aromatic rings. The van der Waals surface area contributed by atoms with Gasteiger partial charge in [0.25, 0.3) is 5.91 Å². The predicted octanol–water partition coefficient (Wildman–Crippen LogP) is 4.39. The zero-order valence-corrected chi connectivity index (χ0v) is 18.0. The quantitative estimate of drug-likeness (QED) is 0.712. The van der Waals surface area contributed by atoms with Crippen LogP contribution in [0.4, 0.5) is 14.5 Å². The summed E-state index contributed by atoms with van der Waals surface area (Å²) in [6.07, 6.45) is 0. The number of allylic oxidation sites excluding steroid dienone is 1. The Balaban J connectivity index is 2.17. The van der Waals surface area contributed by atoms with E-state index in [2.05, 4.69) is 5.32 Å². The predicted molar refractivity (Wildman–Crippen MR) is 117 cm³/mol. The molecule has 0 spiro atoms. The Morgan fingerprint density at radius 1 is 1.13 bits per heavy atom. The first-order chi connectivity index (χ1) is 14.2. The van der Waals surface area contributed by atoms with Gasteiger partial charge in [0.2, 0.25) is 0 Å². The summed E-state index contributed by atoms with van der Waals surface area (Å²) >= 11 is 5.60. The minimum Gasteiger partial charge on any atom is -0.434 e. The van der Waals surface area contributed by atoms with Crippen LogP contribution in [0.1, 0.15) is 24.1 Å². The smallest absolute Gasteiger partial charge is 0.387 e. The monoisotopic (exact) mass is 431 g/mol. The van der Waals surface area contributed by atoms with Gasteiger partial charge in [0.15, 0.2) is 5.11 Å². The highest BCUT2D eigenvalue weighted by molar-refractivity contribution is 7.80. The number of para-hydroxylation sites is 1. The lowest BCUT2D eigenvalue weighted by Gasteiger charge is -2.39. The third-order valence-corrected chi connectivity index (χ3v) is 5.16. The van der Waals surface area contributed by atoms with Crippen molar-refractivity contribution in [2.24, 2.45) is 0 Å². The maximum atomic E-state index is 13.1. The van der Waals surface area contributed by atoms with Crippen LogP contribution in [-0.2, 0) is 4.79 Å².